The Bertz CT molecular complexity index is 619. The van der Waals surface area contributed by atoms with Gasteiger partial charge in [0.2, 0.25) is 0 Å². The third-order valence-electron chi connectivity index (χ3n) is 6.77. The van der Waals surface area contributed by atoms with Crippen molar-refractivity contribution >= 4 is 11.7 Å². The maximum absolute atomic E-state index is 12.5. The number of rotatable bonds is 19. The van der Waals surface area contributed by atoms with Crippen molar-refractivity contribution in [3.8, 4) is 0 Å². The number of hydrogen-bond donors (Lipinski definition) is 6. The molecule has 0 aliphatic rings. The fraction of sp³-hybridized carbons (Fsp3) is 0.923. The van der Waals surface area contributed by atoms with Gasteiger partial charge in [-0.3, -0.25) is 9.59 Å². The van der Waals surface area contributed by atoms with E-state index in [9.17, 15) is 30.0 Å². The van der Waals surface area contributed by atoms with E-state index in [2.05, 4.69) is 24.5 Å². The lowest BCUT2D eigenvalue weighted by atomic mass is 9.89. The predicted molar refractivity (Wildman–Crippen MR) is 137 cm³/mol. The summed E-state index contributed by atoms with van der Waals surface area (Å²) in [4.78, 5) is 24.8. The molecule has 0 aromatic rings. The van der Waals surface area contributed by atoms with Crippen LogP contribution in [0.2, 0.25) is 0 Å². The summed E-state index contributed by atoms with van der Waals surface area (Å²) in [7, 11) is 0. The Kier molecular flexibility index (Phi) is 15.4. The van der Waals surface area contributed by atoms with Gasteiger partial charge in [-0.25, -0.2) is 0 Å². The quantitative estimate of drug-likeness (QED) is 0.156. The van der Waals surface area contributed by atoms with E-state index in [1.165, 1.54) is 0 Å². The monoisotopic (exact) mass is 504 g/mol. The van der Waals surface area contributed by atoms with Crippen LogP contribution in [0.1, 0.15) is 93.9 Å². The Morgan fingerprint density at radius 2 is 1.31 bits per heavy atom. The molecule has 0 aromatic carbocycles. The van der Waals surface area contributed by atoms with Crippen LogP contribution >= 0.6 is 0 Å². The van der Waals surface area contributed by atoms with E-state index in [0.717, 1.165) is 25.8 Å². The van der Waals surface area contributed by atoms with Gasteiger partial charge in [-0.15, -0.1) is 0 Å². The summed E-state index contributed by atoms with van der Waals surface area (Å²) < 4.78 is 6.03. The molecule has 0 radical (unpaired) electrons. The highest BCUT2D eigenvalue weighted by Gasteiger charge is 2.39. The van der Waals surface area contributed by atoms with Crippen molar-refractivity contribution < 1.29 is 34.8 Å². The average Bonchev–Trinajstić information content (AvgIpc) is 2.79. The number of hydrogen-bond acceptors (Lipinski definition) is 8. The highest BCUT2D eigenvalue weighted by Crippen LogP contribution is 2.19. The highest BCUT2D eigenvalue weighted by atomic mass is 16.5. The summed E-state index contributed by atoms with van der Waals surface area (Å²) in [6.45, 7) is 16.6. The molecule has 35 heavy (non-hydrogen) atoms. The van der Waals surface area contributed by atoms with Crippen molar-refractivity contribution in [2.45, 2.75) is 136 Å². The van der Waals surface area contributed by atoms with Crippen LogP contribution in [0.5, 0.6) is 0 Å². The van der Waals surface area contributed by atoms with E-state index in [1.54, 1.807) is 27.7 Å². The maximum Gasteiger partial charge on any atom is 0.252 e. The molecule has 0 aliphatic heterocycles. The third-order valence-corrected chi connectivity index (χ3v) is 6.77. The molecule has 0 rings (SSSR count). The fourth-order valence-corrected chi connectivity index (χ4v) is 3.91. The second-order valence-electron chi connectivity index (χ2n) is 10.7. The van der Waals surface area contributed by atoms with Gasteiger partial charge in [-0.2, -0.15) is 0 Å². The number of amides is 1. The minimum atomic E-state index is -2.02. The van der Waals surface area contributed by atoms with Gasteiger partial charge in [0, 0.05) is 24.1 Å². The largest absolute Gasteiger partial charge is 0.387 e. The lowest BCUT2D eigenvalue weighted by Crippen LogP contribution is -2.56. The molecule has 0 saturated carbocycles. The van der Waals surface area contributed by atoms with E-state index < -0.39 is 47.6 Å². The average molecular weight is 505 g/mol. The molecule has 6 N–H and O–H groups in total. The van der Waals surface area contributed by atoms with Gasteiger partial charge in [-0.05, 0) is 72.8 Å². The van der Waals surface area contributed by atoms with Crippen LogP contribution in [-0.2, 0) is 14.3 Å². The van der Waals surface area contributed by atoms with Crippen molar-refractivity contribution in [2.75, 3.05) is 13.2 Å². The maximum atomic E-state index is 12.5. The summed E-state index contributed by atoms with van der Waals surface area (Å²) >= 11 is 0. The first-order chi connectivity index (χ1) is 16.2. The van der Waals surface area contributed by atoms with Crippen molar-refractivity contribution in [1.82, 2.24) is 10.6 Å². The molecular weight excluding hydrogens is 452 g/mol. The van der Waals surface area contributed by atoms with Crippen LogP contribution < -0.4 is 10.6 Å². The Hall–Kier alpha value is -1.10. The Morgan fingerprint density at radius 3 is 1.80 bits per heavy atom. The molecule has 9 nitrogen and oxygen atoms in total. The Morgan fingerprint density at radius 1 is 0.800 bits per heavy atom. The van der Waals surface area contributed by atoms with Gasteiger partial charge >= 0.3 is 0 Å². The molecule has 1 amide bonds. The molecule has 208 valence electrons. The van der Waals surface area contributed by atoms with E-state index >= 15 is 0 Å². The van der Waals surface area contributed by atoms with Crippen LogP contribution in [0.3, 0.4) is 0 Å². The molecule has 0 unspecified atom stereocenters. The van der Waals surface area contributed by atoms with E-state index in [0.29, 0.717) is 31.9 Å². The summed E-state index contributed by atoms with van der Waals surface area (Å²) in [5, 5.41) is 47.0. The summed E-state index contributed by atoms with van der Waals surface area (Å²) in [5.74, 6) is -2.00. The van der Waals surface area contributed by atoms with Crippen LogP contribution in [0, 0.1) is 5.92 Å². The van der Waals surface area contributed by atoms with E-state index in [-0.39, 0.29) is 5.60 Å². The SMILES string of the molecule is CCC(CC)NCCC(C)(C)OCCC(C)(C)NC(=O)[C@@H](O)[C@H](O)[C@H](O)[C@@H](O)C(=O)C(CC)CC. The molecular formula is C26H52N2O7. The van der Waals surface area contributed by atoms with Crippen molar-refractivity contribution in [1.29, 1.82) is 0 Å². The normalized spacial score (nSPS) is 16.3. The molecule has 0 fully saturated rings. The first-order valence-electron chi connectivity index (χ1n) is 13.1. The van der Waals surface area contributed by atoms with Crippen molar-refractivity contribution in [3.05, 3.63) is 0 Å². The molecule has 0 saturated heterocycles. The summed E-state index contributed by atoms with van der Waals surface area (Å²) in [6.07, 6.45) is -3.52. The van der Waals surface area contributed by atoms with Crippen LogP contribution in [0.15, 0.2) is 0 Å². The second kappa shape index (κ2) is 15.9. The lowest BCUT2D eigenvalue weighted by molar-refractivity contribution is -0.157. The molecule has 0 aliphatic carbocycles. The zero-order valence-corrected chi connectivity index (χ0v) is 23.1. The number of nitrogens with one attached hydrogen (secondary N) is 2. The predicted octanol–water partition coefficient (Wildman–Crippen LogP) is 1.68. The third kappa shape index (κ3) is 12.1. The lowest BCUT2D eigenvalue weighted by Gasteiger charge is -2.32. The molecule has 0 spiro atoms. The zero-order chi connectivity index (χ0) is 27.4. The van der Waals surface area contributed by atoms with Gasteiger partial charge in [0.15, 0.2) is 11.9 Å². The number of ketones is 1. The molecule has 0 aromatic heterocycles. The van der Waals surface area contributed by atoms with Crippen LogP contribution in [0.4, 0.5) is 0 Å². The van der Waals surface area contributed by atoms with E-state index in [4.69, 9.17) is 4.74 Å². The Balaban J connectivity index is 4.74. The Labute approximate surface area is 212 Å². The molecule has 4 atom stereocenters. The number of aliphatic hydroxyl groups is 4. The second-order valence-corrected chi connectivity index (χ2v) is 10.7. The smallest absolute Gasteiger partial charge is 0.252 e. The molecule has 9 heteroatoms. The summed E-state index contributed by atoms with van der Waals surface area (Å²) in [6, 6.07) is 0.499. The standard InChI is InChI=1S/C26H52N2O7/c1-9-17(10-2)19(29)20(30)21(31)22(32)23(33)24(34)28-25(5,6)14-16-35-26(7,8)13-15-27-18(11-3)12-4/h17-18,20-23,27,30-33H,9-16H2,1-8H3,(H,28,34)/t20-,21+,22+,23-/m0/s1. The van der Waals surface area contributed by atoms with Crippen molar-refractivity contribution in [3.63, 3.8) is 0 Å². The van der Waals surface area contributed by atoms with E-state index in [1.807, 2.05) is 13.8 Å². The fourth-order valence-electron chi connectivity index (χ4n) is 3.91. The minimum Gasteiger partial charge on any atom is -0.387 e. The molecule has 0 heterocycles. The van der Waals surface area contributed by atoms with Gasteiger partial charge in [0.25, 0.3) is 5.91 Å². The van der Waals surface area contributed by atoms with Gasteiger partial charge < -0.3 is 35.8 Å². The zero-order valence-electron chi connectivity index (χ0n) is 23.1. The van der Waals surface area contributed by atoms with Crippen LogP contribution in [-0.4, -0.2) is 86.9 Å². The summed E-state index contributed by atoms with van der Waals surface area (Å²) in [5.41, 5.74) is -1.12. The van der Waals surface area contributed by atoms with Crippen LogP contribution in [0.25, 0.3) is 0 Å². The first-order valence-corrected chi connectivity index (χ1v) is 13.1. The number of ether oxygens (including phenoxy) is 1. The number of carbonyl (C=O) groups is 2. The highest BCUT2D eigenvalue weighted by molar-refractivity contribution is 5.86. The topological polar surface area (TPSA) is 148 Å². The number of aliphatic hydroxyl groups excluding tert-OH is 4. The number of carbonyl (C=O) groups excluding carboxylic acids is 2. The van der Waals surface area contributed by atoms with Gasteiger partial charge in [0.1, 0.15) is 18.3 Å². The van der Waals surface area contributed by atoms with Crippen molar-refractivity contribution in [2.24, 2.45) is 5.92 Å². The van der Waals surface area contributed by atoms with Gasteiger partial charge in [-0.1, -0.05) is 27.7 Å². The van der Waals surface area contributed by atoms with Gasteiger partial charge in [0.05, 0.1) is 5.60 Å². The minimum absolute atomic E-state index is 0.351. The number of Topliss-reactive ketones (excluding diaryl/α,β-unsaturated/α-hetero) is 1. The first kappa shape index (κ1) is 33.9. The molecule has 0 bridgehead atoms.